The highest BCUT2D eigenvalue weighted by atomic mass is 16.5. The van der Waals surface area contributed by atoms with Gasteiger partial charge in [0.1, 0.15) is 11.9 Å². The lowest BCUT2D eigenvalue weighted by Crippen LogP contribution is -2.20. The van der Waals surface area contributed by atoms with E-state index < -0.39 is 0 Å². The average molecular weight is 264 g/mol. The van der Waals surface area contributed by atoms with Crippen LogP contribution in [0.4, 0.5) is 5.69 Å². The maximum atomic E-state index is 6.01. The van der Waals surface area contributed by atoms with Crippen molar-refractivity contribution >= 4 is 16.6 Å². The second kappa shape index (κ2) is 4.30. The van der Waals surface area contributed by atoms with E-state index in [1.54, 1.807) is 0 Å². The van der Waals surface area contributed by atoms with Crippen LogP contribution in [0.25, 0.3) is 10.9 Å². The number of benzene rings is 2. The molecule has 1 unspecified atom stereocenters. The Labute approximate surface area is 117 Å². The summed E-state index contributed by atoms with van der Waals surface area (Å²) in [7, 11) is 0. The summed E-state index contributed by atoms with van der Waals surface area (Å²) in [5.74, 6) is 1.02. The van der Waals surface area contributed by atoms with Crippen LogP contribution in [0, 0.1) is 0 Å². The van der Waals surface area contributed by atoms with Crippen LogP contribution in [-0.4, -0.2) is 10.7 Å². The van der Waals surface area contributed by atoms with Crippen molar-refractivity contribution in [3.05, 3.63) is 60.3 Å². The first-order chi connectivity index (χ1) is 9.81. The van der Waals surface area contributed by atoms with Gasteiger partial charge >= 0.3 is 0 Å². The molecule has 0 aliphatic carbocycles. The molecule has 0 fully saturated rings. The molecule has 0 amide bonds. The molecule has 1 aliphatic rings. The number of rotatable bonds is 2. The number of nitrogens with two attached hydrogens (primary N) is 1. The number of para-hydroxylation sites is 1. The fourth-order valence-electron chi connectivity index (χ4n) is 2.98. The van der Waals surface area contributed by atoms with Crippen molar-refractivity contribution in [1.82, 2.24) is 4.57 Å². The summed E-state index contributed by atoms with van der Waals surface area (Å²) in [6.45, 7) is 0.849. The molecule has 2 N–H and O–H groups in total. The third-order valence-corrected chi connectivity index (χ3v) is 3.96. The number of aromatic nitrogens is 1. The Morgan fingerprint density at radius 1 is 1.10 bits per heavy atom. The third-order valence-electron chi connectivity index (χ3n) is 3.96. The Morgan fingerprint density at radius 2 is 2.00 bits per heavy atom. The second-order valence-electron chi connectivity index (χ2n) is 5.30. The number of hydrogen-bond acceptors (Lipinski definition) is 2. The number of anilines is 1. The minimum Gasteiger partial charge on any atom is -0.488 e. The van der Waals surface area contributed by atoms with Gasteiger partial charge in [0.15, 0.2) is 0 Å². The van der Waals surface area contributed by atoms with E-state index in [-0.39, 0.29) is 6.10 Å². The highest BCUT2D eigenvalue weighted by Crippen LogP contribution is 2.30. The Morgan fingerprint density at radius 3 is 2.90 bits per heavy atom. The van der Waals surface area contributed by atoms with E-state index in [4.69, 9.17) is 10.5 Å². The maximum Gasteiger partial charge on any atom is 0.123 e. The van der Waals surface area contributed by atoms with E-state index in [0.717, 1.165) is 29.8 Å². The highest BCUT2D eigenvalue weighted by Gasteiger charge is 2.22. The Kier molecular flexibility index (Phi) is 2.46. The lowest BCUT2D eigenvalue weighted by atomic mass is 10.1. The number of fused-ring (bicyclic) bond motifs is 2. The third kappa shape index (κ3) is 1.74. The molecule has 2 aromatic carbocycles. The van der Waals surface area contributed by atoms with Crippen molar-refractivity contribution in [2.24, 2.45) is 0 Å². The Bertz CT molecular complexity index is 751. The van der Waals surface area contributed by atoms with Crippen LogP contribution in [0.15, 0.2) is 54.7 Å². The molecule has 0 saturated carbocycles. The Hall–Kier alpha value is -2.42. The molecule has 1 aromatic heterocycles. The van der Waals surface area contributed by atoms with E-state index in [0.29, 0.717) is 0 Å². The summed E-state index contributed by atoms with van der Waals surface area (Å²) in [5.41, 5.74) is 9.30. The van der Waals surface area contributed by atoms with Gasteiger partial charge in [-0.3, -0.25) is 0 Å². The largest absolute Gasteiger partial charge is 0.488 e. The number of nitrogen functional groups attached to an aromatic ring is 1. The van der Waals surface area contributed by atoms with Crippen molar-refractivity contribution in [2.45, 2.75) is 19.1 Å². The van der Waals surface area contributed by atoms with E-state index in [1.807, 2.05) is 24.3 Å². The summed E-state index contributed by atoms with van der Waals surface area (Å²) >= 11 is 0. The topological polar surface area (TPSA) is 40.2 Å². The monoisotopic (exact) mass is 264 g/mol. The lowest BCUT2D eigenvalue weighted by molar-refractivity contribution is 0.211. The maximum absolute atomic E-state index is 6.01. The number of hydrogen-bond donors (Lipinski definition) is 1. The molecule has 3 aromatic rings. The molecule has 20 heavy (non-hydrogen) atoms. The van der Waals surface area contributed by atoms with Crippen LogP contribution < -0.4 is 10.5 Å². The molecule has 2 heterocycles. The van der Waals surface area contributed by atoms with Gasteiger partial charge < -0.3 is 15.0 Å². The summed E-state index contributed by atoms with van der Waals surface area (Å²) in [6, 6.07) is 16.4. The molecule has 100 valence electrons. The van der Waals surface area contributed by atoms with Gasteiger partial charge in [0.2, 0.25) is 0 Å². The van der Waals surface area contributed by atoms with E-state index in [2.05, 4.69) is 35.0 Å². The molecule has 0 saturated heterocycles. The summed E-state index contributed by atoms with van der Waals surface area (Å²) in [4.78, 5) is 0. The molecular formula is C17H16N2O. The van der Waals surface area contributed by atoms with Crippen LogP contribution in [0.1, 0.15) is 5.56 Å². The van der Waals surface area contributed by atoms with Gasteiger partial charge in [-0.2, -0.15) is 0 Å². The van der Waals surface area contributed by atoms with Gasteiger partial charge in [0.05, 0.1) is 12.1 Å². The minimum atomic E-state index is 0.199. The van der Waals surface area contributed by atoms with Crippen LogP contribution in [0.5, 0.6) is 5.75 Å². The van der Waals surface area contributed by atoms with Crippen molar-refractivity contribution in [3.8, 4) is 5.75 Å². The first kappa shape index (κ1) is 11.4. The molecule has 0 bridgehead atoms. The van der Waals surface area contributed by atoms with Crippen LogP contribution in [0.2, 0.25) is 0 Å². The van der Waals surface area contributed by atoms with Crippen LogP contribution >= 0.6 is 0 Å². The van der Waals surface area contributed by atoms with Crippen molar-refractivity contribution in [1.29, 1.82) is 0 Å². The smallest absolute Gasteiger partial charge is 0.123 e. The fraction of sp³-hybridized carbons (Fsp3) is 0.176. The molecule has 0 radical (unpaired) electrons. The fourth-order valence-corrected chi connectivity index (χ4v) is 2.98. The molecular weight excluding hydrogens is 248 g/mol. The zero-order valence-electron chi connectivity index (χ0n) is 11.1. The van der Waals surface area contributed by atoms with E-state index in [1.165, 1.54) is 11.1 Å². The summed E-state index contributed by atoms with van der Waals surface area (Å²) in [5, 5.41) is 1.11. The minimum absolute atomic E-state index is 0.199. The van der Waals surface area contributed by atoms with Crippen molar-refractivity contribution in [3.63, 3.8) is 0 Å². The molecule has 4 rings (SSSR count). The van der Waals surface area contributed by atoms with Crippen LogP contribution in [-0.2, 0) is 13.0 Å². The second-order valence-corrected chi connectivity index (χ2v) is 5.30. The van der Waals surface area contributed by atoms with Crippen molar-refractivity contribution < 1.29 is 4.74 Å². The first-order valence-electron chi connectivity index (χ1n) is 6.89. The molecule has 0 spiro atoms. The molecule has 1 aliphatic heterocycles. The van der Waals surface area contributed by atoms with Gasteiger partial charge in [-0.25, -0.2) is 0 Å². The average Bonchev–Trinajstić information content (AvgIpc) is 3.04. The zero-order chi connectivity index (χ0) is 13.5. The van der Waals surface area contributed by atoms with Gasteiger partial charge in [0, 0.05) is 23.7 Å². The lowest BCUT2D eigenvalue weighted by Gasteiger charge is -2.13. The molecule has 3 nitrogen and oxygen atoms in total. The number of nitrogens with zero attached hydrogens (tertiary/aromatic N) is 1. The summed E-state index contributed by atoms with van der Waals surface area (Å²) < 4.78 is 8.23. The predicted molar refractivity (Wildman–Crippen MR) is 80.9 cm³/mol. The van der Waals surface area contributed by atoms with Crippen molar-refractivity contribution in [2.75, 3.05) is 5.73 Å². The standard InChI is InChI=1S/C17H16N2O/c18-15-5-3-6-16-14(15)8-9-19(16)11-13-10-12-4-1-2-7-17(12)20-13/h1-9,13H,10-11,18H2. The normalized spacial score (nSPS) is 17.1. The quantitative estimate of drug-likeness (QED) is 0.722. The van der Waals surface area contributed by atoms with Gasteiger partial charge in [-0.15, -0.1) is 0 Å². The molecule has 3 heteroatoms. The first-order valence-corrected chi connectivity index (χ1v) is 6.89. The molecule has 1 atom stereocenters. The van der Waals surface area contributed by atoms with E-state index in [9.17, 15) is 0 Å². The van der Waals surface area contributed by atoms with Crippen LogP contribution in [0.3, 0.4) is 0 Å². The van der Waals surface area contributed by atoms with Gasteiger partial charge in [-0.05, 0) is 29.8 Å². The predicted octanol–water partition coefficient (Wildman–Crippen LogP) is 3.23. The summed E-state index contributed by atoms with van der Waals surface area (Å²) in [6.07, 6.45) is 3.26. The van der Waals surface area contributed by atoms with Gasteiger partial charge in [0.25, 0.3) is 0 Å². The van der Waals surface area contributed by atoms with E-state index >= 15 is 0 Å². The number of ether oxygens (including phenoxy) is 1. The highest BCUT2D eigenvalue weighted by molar-refractivity contribution is 5.91. The zero-order valence-corrected chi connectivity index (χ0v) is 11.1. The SMILES string of the molecule is Nc1cccc2c1ccn2CC1Cc2ccccc2O1. The Balaban J connectivity index is 1.62. The van der Waals surface area contributed by atoms with Gasteiger partial charge in [-0.1, -0.05) is 24.3 Å².